The summed E-state index contributed by atoms with van der Waals surface area (Å²) in [6, 6.07) is 55.5. The molecule has 0 aliphatic carbocycles. The molecule has 48 heavy (non-hydrogen) atoms. The van der Waals surface area contributed by atoms with E-state index >= 15 is 0 Å². The van der Waals surface area contributed by atoms with Gasteiger partial charge in [-0.15, -0.1) is 11.3 Å². The van der Waals surface area contributed by atoms with Gasteiger partial charge in [0.2, 0.25) is 0 Å². The quantitative estimate of drug-likeness (QED) is 0.194. The molecule has 0 atom stereocenters. The van der Waals surface area contributed by atoms with E-state index in [-0.39, 0.29) is 0 Å². The zero-order chi connectivity index (χ0) is 31.6. The second-order valence-corrected chi connectivity index (χ2v) is 13.2. The van der Waals surface area contributed by atoms with Crippen LogP contribution >= 0.6 is 11.3 Å². The van der Waals surface area contributed by atoms with Crippen molar-refractivity contribution in [3.05, 3.63) is 158 Å². The molecule has 0 bridgehead atoms. The average Bonchev–Trinajstić information content (AvgIpc) is 3.73. The molecule has 0 radical (unpaired) electrons. The molecular formula is C44H26N2OS. The Bertz CT molecular complexity index is 2830. The first-order valence-electron chi connectivity index (χ1n) is 16.1. The minimum absolute atomic E-state index is 0.695. The highest BCUT2D eigenvalue weighted by Crippen LogP contribution is 2.42. The average molecular weight is 631 g/mol. The highest BCUT2D eigenvalue weighted by molar-refractivity contribution is 7.26. The fourth-order valence-corrected chi connectivity index (χ4v) is 8.09. The van der Waals surface area contributed by atoms with E-state index in [2.05, 4.69) is 140 Å². The number of furan rings is 1. The Balaban J connectivity index is 1.18. The lowest BCUT2D eigenvalue weighted by Gasteiger charge is -2.10. The molecule has 3 heterocycles. The second kappa shape index (κ2) is 10.7. The van der Waals surface area contributed by atoms with Crippen LogP contribution in [0.25, 0.3) is 97.9 Å². The van der Waals surface area contributed by atoms with Gasteiger partial charge in [0.15, 0.2) is 5.82 Å². The number of nitrogens with zero attached hydrogens (tertiary/aromatic N) is 2. The largest absolute Gasteiger partial charge is 0.456 e. The molecular weight excluding hydrogens is 605 g/mol. The molecule has 0 saturated heterocycles. The van der Waals surface area contributed by atoms with Gasteiger partial charge in [0.1, 0.15) is 11.2 Å². The Morgan fingerprint density at radius 3 is 1.92 bits per heavy atom. The van der Waals surface area contributed by atoms with Crippen molar-refractivity contribution in [2.24, 2.45) is 0 Å². The van der Waals surface area contributed by atoms with Crippen molar-refractivity contribution in [3.63, 3.8) is 0 Å². The standard InChI is InChI=1S/C44H26N2OS/c1-3-10-27(11-4-1)29-18-19-31-25-33(21-20-30(31)24-29)41-43-42(35-14-7-8-17-39(35)48-43)46-44(45-41)36-15-9-16-37-40(36)34-23-22-32(26-38(34)47-37)28-12-5-2-6-13-28/h1-26H. The van der Waals surface area contributed by atoms with Gasteiger partial charge in [-0.1, -0.05) is 121 Å². The molecule has 0 N–H and O–H groups in total. The summed E-state index contributed by atoms with van der Waals surface area (Å²) in [6.45, 7) is 0. The van der Waals surface area contributed by atoms with Crippen molar-refractivity contribution in [1.29, 1.82) is 0 Å². The Morgan fingerprint density at radius 2 is 1.12 bits per heavy atom. The smallest absolute Gasteiger partial charge is 0.161 e. The van der Waals surface area contributed by atoms with Gasteiger partial charge in [0, 0.05) is 32.0 Å². The van der Waals surface area contributed by atoms with E-state index in [1.54, 1.807) is 11.3 Å². The Kier molecular flexibility index (Phi) is 6.05. The summed E-state index contributed by atoms with van der Waals surface area (Å²) < 4.78 is 8.77. The molecule has 0 saturated carbocycles. The van der Waals surface area contributed by atoms with E-state index in [9.17, 15) is 0 Å². The molecule has 0 amide bonds. The van der Waals surface area contributed by atoms with Crippen molar-refractivity contribution in [2.75, 3.05) is 0 Å². The van der Waals surface area contributed by atoms with Gasteiger partial charge in [0.25, 0.3) is 0 Å². The van der Waals surface area contributed by atoms with Crippen molar-refractivity contribution < 1.29 is 4.42 Å². The lowest BCUT2D eigenvalue weighted by Crippen LogP contribution is -1.94. The highest BCUT2D eigenvalue weighted by atomic mass is 32.1. The van der Waals surface area contributed by atoms with Crippen LogP contribution in [0.5, 0.6) is 0 Å². The lowest BCUT2D eigenvalue weighted by molar-refractivity contribution is 0.669. The molecule has 0 fully saturated rings. The Morgan fingerprint density at radius 1 is 0.458 bits per heavy atom. The maximum atomic E-state index is 6.47. The molecule has 10 rings (SSSR count). The number of rotatable bonds is 4. The molecule has 0 unspecified atom stereocenters. The van der Waals surface area contributed by atoms with Crippen molar-refractivity contribution >= 4 is 64.4 Å². The summed E-state index contributed by atoms with van der Waals surface area (Å²) in [5.41, 5.74) is 10.4. The molecule has 0 aliphatic heterocycles. The van der Waals surface area contributed by atoms with E-state index in [1.807, 2.05) is 18.2 Å². The van der Waals surface area contributed by atoms with Gasteiger partial charge in [-0.3, -0.25) is 0 Å². The van der Waals surface area contributed by atoms with E-state index in [4.69, 9.17) is 14.4 Å². The SMILES string of the molecule is c1ccc(-c2ccc3cc(-c4nc(-c5cccc6oc7cc(-c8ccccc8)ccc7c56)nc5c4sc4ccccc45)ccc3c2)cc1. The summed E-state index contributed by atoms with van der Waals surface area (Å²) in [4.78, 5) is 10.7. The molecule has 224 valence electrons. The number of benzene rings is 7. The van der Waals surface area contributed by atoms with Gasteiger partial charge in [-0.2, -0.15) is 0 Å². The predicted octanol–water partition coefficient (Wildman–Crippen LogP) is 12.6. The van der Waals surface area contributed by atoms with Crippen LogP contribution in [-0.4, -0.2) is 9.97 Å². The summed E-state index contributed by atoms with van der Waals surface area (Å²) >= 11 is 1.76. The van der Waals surface area contributed by atoms with Crippen molar-refractivity contribution in [3.8, 4) is 44.9 Å². The van der Waals surface area contributed by atoms with E-state index in [0.29, 0.717) is 5.82 Å². The Labute approximate surface area is 280 Å². The first-order chi connectivity index (χ1) is 23.8. The van der Waals surface area contributed by atoms with Gasteiger partial charge < -0.3 is 4.42 Å². The first kappa shape index (κ1) is 27.1. The molecule has 4 heteroatoms. The third-order valence-electron chi connectivity index (χ3n) is 9.29. The summed E-state index contributed by atoms with van der Waals surface area (Å²) in [5, 5.41) is 5.61. The van der Waals surface area contributed by atoms with Crippen LogP contribution in [0.2, 0.25) is 0 Å². The van der Waals surface area contributed by atoms with Crippen molar-refractivity contribution in [1.82, 2.24) is 9.97 Å². The lowest BCUT2D eigenvalue weighted by atomic mass is 9.99. The van der Waals surface area contributed by atoms with E-state index in [1.165, 1.54) is 26.6 Å². The summed E-state index contributed by atoms with van der Waals surface area (Å²) in [5.74, 6) is 0.695. The Hall–Kier alpha value is -6.10. The first-order valence-corrected chi connectivity index (χ1v) is 16.9. The summed E-state index contributed by atoms with van der Waals surface area (Å²) in [7, 11) is 0. The van der Waals surface area contributed by atoms with E-state index in [0.717, 1.165) is 65.5 Å². The van der Waals surface area contributed by atoms with Crippen LogP contribution in [0.4, 0.5) is 0 Å². The van der Waals surface area contributed by atoms with Crippen LogP contribution in [0.3, 0.4) is 0 Å². The second-order valence-electron chi connectivity index (χ2n) is 12.2. The molecule has 0 aliphatic rings. The van der Waals surface area contributed by atoms with E-state index < -0.39 is 0 Å². The summed E-state index contributed by atoms with van der Waals surface area (Å²) in [6.07, 6.45) is 0. The minimum Gasteiger partial charge on any atom is -0.456 e. The zero-order valence-electron chi connectivity index (χ0n) is 25.7. The molecule has 7 aromatic carbocycles. The zero-order valence-corrected chi connectivity index (χ0v) is 26.5. The maximum absolute atomic E-state index is 6.47. The molecule has 3 nitrogen and oxygen atoms in total. The molecule has 3 aromatic heterocycles. The van der Waals surface area contributed by atoms with Crippen molar-refractivity contribution in [2.45, 2.75) is 0 Å². The van der Waals surface area contributed by atoms with Gasteiger partial charge in [-0.25, -0.2) is 9.97 Å². The molecule has 10 aromatic rings. The topological polar surface area (TPSA) is 38.9 Å². The minimum atomic E-state index is 0.695. The van der Waals surface area contributed by atoms with Gasteiger partial charge >= 0.3 is 0 Å². The number of hydrogen-bond donors (Lipinski definition) is 0. The third-order valence-corrected chi connectivity index (χ3v) is 10.5. The third kappa shape index (κ3) is 4.34. The number of fused-ring (bicyclic) bond motifs is 7. The molecule has 0 spiro atoms. The van der Waals surface area contributed by atoms with Crippen LogP contribution in [-0.2, 0) is 0 Å². The van der Waals surface area contributed by atoms with Crippen LogP contribution in [0, 0.1) is 0 Å². The van der Waals surface area contributed by atoms with Crippen LogP contribution in [0.15, 0.2) is 162 Å². The highest BCUT2D eigenvalue weighted by Gasteiger charge is 2.20. The van der Waals surface area contributed by atoms with Gasteiger partial charge in [0.05, 0.1) is 15.9 Å². The number of aromatic nitrogens is 2. The normalized spacial score (nSPS) is 11.8. The van der Waals surface area contributed by atoms with Crippen LogP contribution in [0.1, 0.15) is 0 Å². The van der Waals surface area contributed by atoms with Crippen LogP contribution < -0.4 is 0 Å². The fourth-order valence-electron chi connectivity index (χ4n) is 6.93. The fraction of sp³-hybridized carbons (Fsp3) is 0. The monoisotopic (exact) mass is 630 g/mol. The maximum Gasteiger partial charge on any atom is 0.161 e. The number of thiophene rings is 1. The predicted molar refractivity (Wildman–Crippen MR) is 201 cm³/mol. The number of hydrogen-bond acceptors (Lipinski definition) is 4. The van der Waals surface area contributed by atoms with Gasteiger partial charge in [-0.05, 0) is 69.4 Å².